The monoisotopic (exact) mass is 340 g/mol. The number of nitrogens with zero attached hydrogens (tertiary/aromatic N) is 1. The zero-order chi connectivity index (χ0) is 17.5. The molecule has 4 nitrogen and oxygen atoms in total. The van der Waals surface area contributed by atoms with Crippen molar-refractivity contribution in [2.24, 2.45) is 0 Å². The van der Waals surface area contributed by atoms with E-state index in [0.29, 0.717) is 6.04 Å². The molecule has 1 aliphatic heterocycles. The van der Waals surface area contributed by atoms with Crippen LogP contribution in [0.15, 0.2) is 48.8 Å². The molecule has 1 aromatic heterocycles. The highest BCUT2D eigenvalue weighted by atomic mass is 16.5. The molecule has 134 valence electrons. The fourth-order valence-corrected chi connectivity index (χ4v) is 3.26. The summed E-state index contributed by atoms with van der Waals surface area (Å²) in [4.78, 5) is 4.11. The average Bonchev–Trinajstić information content (AvgIpc) is 2.68. The van der Waals surface area contributed by atoms with Gasteiger partial charge in [0.1, 0.15) is 11.9 Å². The Bertz CT molecular complexity index is 624. The van der Waals surface area contributed by atoms with E-state index in [1.807, 2.05) is 12.4 Å². The lowest BCUT2D eigenvalue weighted by atomic mass is 10.0. The predicted molar refractivity (Wildman–Crippen MR) is 99.7 cm³/mol. The van der Waals surface area contributed by atoms with Gasteiger partial charge in [-0.15, -0.1) is 0 Å². The first-order valence-corrected chi connectivity index (χ1v) is 9.26. The molecule has 4 heteroatoms. The standard InChI is InChI=1S/C21H28N2O2/c1-3-21(18-8-12-22-13-9-18)23-16(2)17-4-6-19(7-5-17)25-20-10-14-24-15-11-20/h4-9,12-13,16,20-21,23H,3,10-11,14-15H2,1-2H3/t16-,21+/m1/s1. The molecule has 0 radical (unpaired) electrons. The normalized spacial score (nSPS) is 17.8. The van der Waals surface area contributed by atoms with Gasteiger partial charge in [0.05, 0.1) is 13.2 Å². The number of hydrogen-bond acceptors (Lipinski definition) is 4. The molecule has 1 aliphatic rings. The molecule has 0 bridgehead atoms. The Labute approximate surface area is 150 Å². The lowest BCUT2D eigenvalue weighted by Gasteiger charge is -2.25. The molecule has 0 unspecified atom stereocenters. The molecule has 1 aromatic carbocycles. The third-order valence-corrected chi connectivity index (χ3v) is 4.82. The maximum absolute atomic E-state index is 6.05. The van der Waals surface area contributed by atoms with E-state index in [1.54, 1.807) is 0 Å². The second-order valence-corrected chi connectivity index (χ2v) is 6.63. The van der Waals surface area contributed by atoms with Crippen molar-refractivity contribution in [2.45, 2.75) is 51.3 Å². The van der Waals surface area contributed by atoms with Crippen molar-refractivity contribution < 1.29 is 9.47 Å². The van der Waals surface area contributed by atoms with Crippen LogP contribution in [0, 0.1) is 0 Å². The quantitative estimate of drug-likeness (QED) is 0.809. The van der Waals surface area contributed by atoms with Crippen LogP contribution < -0.4 is 10.1 Å². The smallest absolute Gasteiger partial charge is 0.119 e. The highest BCUT2D eigenvalue weighted by molar-refractivity contribution is 5.29. The fourth-order valence-electron chi connectivity index (χ4n) is 3.26. The third kappa shape index (κ3) is 5.03. The third-order valence-electron chi connectivity index (χ3n) is 4.82. The van der Waals surface area contributed by atoms with Crippen LogP contribution in [0.5, 0.6) is 5.75 Å². The van der Waals surface area contributed by atoms with Crippen molar-refractivity contribution in [3.63, 3.8) is 0 Å². The van der Waals surface area contributed by atoms with Crippen LogP contribution in [-0.4, -0.2) is 24.3 Å². The van der Waals surface area contributed by atoms with Crippen LogP contribution in [0.3, 0.4) is 0 Å². The second kappa shape index (κ2) is 8.97. The van der Waals surface area contributed by atoms with E-state index < -0.39 is 0 Å². The maximum atomic E-state index is 6.05. The van der Waals surface area contributed by atoms with Crippen LogP contribution in [0.1, 0.15) is 56.3 Å². The minimum Gasteiger partial charge on any atom is -0.490 e. The van der Waals surface area contributed by atoms with Gasteiger partial charge in [-0.25, -0.2) is 0 Å². The van der Waals surface area contributed by atoms with E-state index >= 15 is 0 Å². The van der Waals surface area contributed by atoms with E-state index in [0.717, 1.165) is 38.2 Å². The van der Waals surface area contributed by atoms with Crippen LogP contribution in [0.4, 0.5) is 0 Å². The summed E-state index contributed by atoms with van der Waals surface area (Å²) in [5, 5.41) is 3.71. The Morgan fingerprint density at radius 3 is 2.40 bits per heavy atom. The lowest BCUT2D eigenvalue weighted by molar-refractivity contribution is 0.0255. The molecular weight excluding hydrogens is 312 g/mol. The Morgan fingerprint density at radius 2 is 1.76 bits per heavy atom. The molecule has 1 fully saturated rings. The molecule has 1 saturated heterocycles. The summed E-state index contributed by atoms with van der Waals surface area (Å²) in [5.74, 6) is 0.948. The van der Waals surface area contributed by atoms with Gasteiger partial charge in [-0.1, -0.05) is 19.1 Å². The minimum atomic E-state index is 0.273. The van der Waals surface area contributed by atoms with Crippen LogP contribution >= 0.6 is 0 Å². The fraction of sp³-hybridized carbons (Fsp3) is 0.476. The Morgan fingerprint density at radius 1 is 1.08 bits per heavy atom. The van der Waals surface area contributed by atoms with Crippen molar-refractivity contribution in [1.29, 1.82) is 0 Å². The first-order chi connectivity index (χ1) is 12.3. The Kier molecular flexibility index (Phi) is 6.42. The summed E-state index contributed by atoms with van der Waals surface area (Å²) in [6, 6.07) is 13.2. The summed E-state index contributed by atoms with van der Waals surface area (Å²) in [7, 11) is 0. The van der Waals surface area contributed by atoms with E-state index in [-0.39, 0.29) is 12.1 Å². The molecule has 1 N–H and O–H groups in total. The Balaban J connectivity index is 1.59. The van der Waals surface area contributed by atoms with Gasteiger partial charge in [-0.05, 0) is 48.7 Å². The summed E-state index contributed by atoms with van der Waals surface area (Å²) in [6.07, 6.45) is 6.98. The number of nitrogens with one attached hydrogen (secondary N) is 1. The molecule has 2 heterocycles. The zero-order valence-electron chi connectivity index (χ0n) is 15.2. The second-order valence-electron chi connectivity index (χ2n) is 6.63. The molecule has 0 saturated carbocycles. The zero-order valence-corrected chi connectivity index (χ0v) is 15.2. The number of pyridine rings is 1. The average molecular weight is 340 g/mol. The summed E-state index contributed by atoms with van der Waals surface area (Å²) in [6.45, 7) is 6.02. The molecule has 2 aromatic rings. The van der Waals surface area contributed by atoms with Crippen molar-refractivity contribution >= 4 is 0 Å². The van der Waals surface area contributed by atoms with Gasteiger partial charge >= 0.3 is 0 Å². The van der Waals surface area contributed by atoms with Gasteiger partial charge in [0, 0.05) is 37.3 Å². The molecule has 2 atom stereocenters. The first kappa shape index (κ1) is 17.9. The molecule has 25 heavy (non-hydrogen) atoms. The van der Waals surface area contributed by atoms with Crippen molar-refractivity contribution in [3.8, 4) is 5.75 Å². The minimum absolute atomic E-state index is 0.273. The predicted octanol–water partition coefficient (Wildman–Crippen LogP) is 4.44. The van der Waals surface area contributed by atoms with E-state index in [4.69, 9.17) is 9.47 Å². The van der Waals surface area contributed by atoms with Crippen molar-refractivity contribution in [1.82, 2.24) is 10.3 Å². The van der Waals surface area contributed by atoms with E-state index in [9.17, 15) is 0 Å². The Hall–Kier alpha value is -1.91. The maximum Gasteiger partial charge on any atom is 0.119 e. The topological polar surface area (TPSA) is 43.4 Å². The highest BCUT2D eigenvalue weighted by Crippen LogP contribution is 2.24. The number of ether oxygens (including phenoxy) is 2. The van der Waals surface area contributed by atoms with Crippen molar-refractivity contribution in [3.05, 3.63) is 59.9 Å². The first-order valence-electron chi connectivity index (χ1n) is 9.26. The van der Waals surface area contributed by atoms with Crippen LogP contribution in [0.25, 0.3) is 0 Å². The van der Waals surface area contributed by atoms with Gasteiger partial charge in [-0.2, -0.15) is 0 Å². The lowest BCUT2D eigenvalue weighted by Crippen LogP contribution is -2.26. The molecule has 0 aliphatic carbocycles. The number of hydrogen-bond donors (Lipinski definition) is 1. The molecule has 0 spiro atoms. The number of rotatable bonds is 7. The summed E-state index contributed by atoms with van der Waals surface area (Å²) < 4.78 is 11.4. The van der Waals surface area contributed by atoms with Gasteiger partial charge in [-0.3, -0.25) is 4.98 Å². The highest BCUT2D eigenvalue weighted by Gasteiger charge is 2.16. The van der Waals surface area contributed by atoms with E-state index in [1.165, 1.54) is 11.1 Å². The largest absolute Gasteiger partial charge is 0.490 e. The van der Waals surface area contributed by atoms with Crippen molar-refractivity contribution in [2.75, 3.05) is 13.2 Å². The SMILES string of the molecule is CC[C@H](N[C@H](C)c1ccc(OC2CCOCC2)cc1)c1ccncc1. The van der Waals surface area contributed by atoms with Gasteiger partial charge in [0.25, 0.3) is 0 Å². The van der Waals surface area contributed by atoms with Gasteiger partial charge in [0.15, 0.2) is 0 Å². The summed E-state index contributed by atoms with van der Waals surface area (Å²) in [5.41, 5.74) is 2.55. The molecule has 3 rings (SSSR count). The summed E-state index contributed by atoms with van der Waals surface area (Å²) >= 11 is 0. The number of aromatic nitrogens is 1. The number of benzene rings is 1. The van der Waals surface area contributed by atoms with Gasteiger partial charge < -0.3 is 14.8 Å². The molecular formula is C21H28N2O2. The van der Waals surface area contributed by atoms with Crippen LogP contribution in [0.2, 0.25) is 0 Å². The molecule has 0 amide bonds. The van der Waals surface area contributed by atoms with Gasteiger partial charge in [0.2, 0.25) is 0 Å². The van der Waals surface area contributed by atoms with E-state index in [2.05, 4.69) is 60.5 Å². The van der Waals surface area contributed by atoms with Crippen LogP contribution in [-0.2, 0) is 4.74 Å².